The Morgan fingerprint density at radius 1 is 1.12 bits per heavy atom. The number of carbonyl (C=O) groups is 3. The number of sulfonamides is 1. The van der Waals surface area contributed by atoms with Gasteiger partial charge in [-0.2, -0.15) is 4.31 Å². The largest absolute Gasteiger partial charge is 0.465 e. The number of hydrogen-bond donors (Lipinski definition) is 0. The van der Waals surface area contributed by atoms with Gasteiger partial charge in [-0.1, -0.05) is 0 Å². The summed E-state index contributed by atoms with van der Waals surface area (Å²) in [5, 5.41) is 1.45. The molecule has 2 aliphatic heterocycles. The van der Waals surface area contributed by atoms with E-state index in [9.17, 15) is 22.8 Å². The molecule has 178 valence electrons. The van der Waals surface area contributed by atoms with Crippen LogP contribution in [0.5, 0.6) is 0 Å². The number of esters is 1. The number of ether oxygens (including phenoxy) is 1. The van der Waals surface area contributed by atoms with E-state index < -0.39 is 22.0 Å². The summed E-state index contributed by atoms with van der Waals surface area (Å²) in [5.74, 6) is -0.869. The molecular weight excluding hydrogens is 470 g/mol. The van der Waals surface area contributed by atoms with E-state index in [4.69, 9.17) is 4.42 Å². The van der Waals surface area contributed by atoms with Crippen LogP contribution in [0, 0.1) is 0 Å². The number of piperidine rings is 1. The summed E-state index contributed by atoms with van der Waals surface area (Å²) < 4.78 is 37.2. The highest BCUT2D eigenvalue weighted by Crippen LogP contribution is 2.27. The SMILES string of the molecule is COC(=O)c1csc(S(=O)(=O)N2CCN(C(=O)C3CCCCN3C(=O)c3ccco3)CC2)c1. The molecule has 2 fully saturated rings. The molecular formula is C21H25N3O7S2. The van der Waals surface area contributed by atoms with Crippen molar-refractivity contribution in [3.63, 3.8) is 0 Å². The fourth-order valence-electron chi connectivity index (χ4n) is 4.14. The normalized spacial score (nSPS) is 20.0. The molecule has 2 saturated heterocycles. The van der Waals surface area contributed by atoms with Gasteiger partial charge in [0.1, 0.15) is 10.3 Å². The first-order valence-corrected chi connectivity index (χ1v) is 12.9. The van der Waals surface area contributed by atoms with Crippen LogP contribution in [0.2, 0.25) is 0 Å². The van der Waals surface area contributed by atoms with Crippen molar-refractivity contribution in [1.29, 1.82) is 0 Å². The van der Waals surface area contributed by atoms with Crippen LogP contribution in [0.1, 0.15) is 40.2 Å². The molecule has 1 atom stereocenters. The zero-order chi connectivity index (χ0) is 23.6. The average molecular weight is 496 g/mol. The second-order valence-electron chi connectivity index (χ2n) is 7.86. The van der Waals surface area contributed by atoms with E-state index >= 15 is 0 Å². The van der Waals surface area contributed by atoms with Crippen molar-refractivity contribution in [2.45, 2.75) is 29.5 Å². The molecule has 33 heavy (non-hydrogen) atoms. The molecule has 2 amide bonds. The molecule has 10 nitrogen and oxygen atoms in total. The first-order valence-electron chi connectivity index (χ1n) is 10.6. The molecule has 2 aromatic heterocycles. The van der Waals surface area contributed by atoms with Gasteiger partial charge < -0.3 is 19.0 Å². The summed E-state index contributed by atoms with van der Waals surface area (Å²) in [5.41, 5.74) is 0.188. The number of carbonyl (C=O) groups excluding carboxylic acids is 3. The maximum atomic E-state index is 13.3. The first kappa shape index (κ1) is 23.5. The number of thiophene rings is 1. The van der Waals surface area contributed by atoms with Gasteiger partial charge in [0, 0.05) is 38.1 Å². The minimum atomic E-state index is -3.78. The van der Waals surface area contributed by atoms with Gasteiger partial charge in [0.15, 0.2) is 5.76 Å². The van der Waals surface area contributed by atoms with Crippen LogP contribution in [0.4, 0.5) is 0 Å². The molecule has 0 N–H and O–H groups in total. The molecule has 0 radical (unpaired) electrons. The monoisotopic (exact) mass is 495 g/mol. The summed E-state index contributed by atoms with van der Waals surface area (Å²) in [6.07, 6.45) is 3.65. The Morgan fingerprint density at radius 2 is 1.88 bits per heavy atom. The predicted molar refractivity (Wildman–Crippen MR) is 118 cm³/mol. The van der Waals surface area contributed by atoms with E-state index in [0.29, 0.717) is 13.0 Å². The molecule has 12 heteroatoms. The standard InChI is InChI=1S/C21H25N3O7S2/c1-30-21(27)15-13-18(32-14-15)33(28,29)23-10-8-22(9-11-23)19(25)16-5-2-3-7-24(16)20(26)17-6-4-12-31-17/h4,6,12-14,16H,2-3,5,7-11H2,1H3. The number of hydrogen-bond acceptors (Lipinski definition) is 8. The maximum Gasteiger partial charge on any atom is 0.338 e. The molecule has 0 bridgehead atoms. The number of amides is 2. The van der Waals surface area contributed by atoms with Gasteiger partial charge in [-0.05, 0) is 37.5 Å². The first-order chi connectivity index (χ1) is 15.8. The van der Waals surface area contributed by atoms with E-state index in [1.54, 1.807) is 21.9 Å². The molecule has 0 aromatic carbocycles. The third kappa shape index (κ3) is 4.68. The number of methoxy groups -OCH3 is 1. The van der Waals surface area contributed by atoms with Crippen molar-refractivity contribution in [2.24, 2.45) is 0 Å². The molecule has 2 aromatic rings. The Bertz CT molecular complexity index is 1120. The predicted octanol–water partition coefficient (Wildman–Crippen LogP) is 1.66. The van der Waals surface area contributed by atoms with Gasteiger partial charge in [0.05, 0.1) is 18.9 Å². The van der Waals surface area contributed by atoms with Crippen LogP contribution < -0.4 is 0 Å². The molecule has 4 rings (SSSR count). The zero-order valence-electron chi connectivity index (χ0n) is 18.1. The van der Waals surface area contributed by atoms with Crippen molar-refractivity contribution >= 4 is 39.1 Å². The lowest BCUT2D eigenvalue weighted by Gasteiger charge is -2.40. The van der Waals surface area contributed by atoms with Gasteiger partial charge in [-0.3, -0.25) is 9.59 Å². The molecule has 1 unspecified atom stereocenters. The smallest absolute Gasteiger partial charge is 0.338 e. The fraction of sp³-hybridized carbons (Fsp3) is 0.476. The highest BCUT2D eigenvalue weighted by atomic mass is 32.2. The summed E-state index contributed by atoms with van der Waals surface area (Å²) in [4.78, 5) is 40.9. The van der Waals surface area contributed by atoms with Crippen LogP contribution in [0.25, 0.3) is 0 Å². The van der Waals surface area contributed by atoms with E-state index in [1.165, 1.54) is 29.1 Å². The van der Waals surface area contributed by atoms with Gasteiger partial charge in [-0.15, -0.1) is 11.3 Å². The number of furan rings is 1. The Balaban J connectivity index is 1.41. The minimum absolute atomic E-state index is 0.0603. The number of piperazine rings is 1. The molecule has 0 spiro atoms. The summed E-state index contributed by atoms with van der Waals surface area (Å²) >= 11 is 0.962. The van der Waals surface area contributed by atoms with Crippen LogP contribution >= 0.6 is 11.3 Å². The summed E-state index contributed by atoms with van der Waals surface area (Å²) in [6, 6.07) is 3.94. The van der Waals surface area contributed by atoms with Crippen LogP contribution in [0.15, 0.2) is 38.5 Å². The molecule has 2 aliphatic rings. The lowest BCUT2D eigenvalue weighted by molar-refractivity contribution is -0.138. The maximum absolute atomic E-state index is 13.3. The fourth-order valence-corrected chi connectivity index (χ4v) is 6.86. The van der Waals surface area contributed by atoms with Crippen molar-refractivity contribution in [3.8, 4) is 0 Å². The van der Waals surface area contributed by atoms with E-state index in [-0.39, 0.29) is 53.5 Å². The second-order valence-corrected chi connectivity index (χ2v) is 10.9. The number of likely N-dealkylation sites (tertiary alicyclic amines) is 1. The van der Waals surface area contributed by atoms with Crippen LogP contribution in [0.3, 0.4) is 0 Å². The van der Waals surface area contributed by atoms with E-state index in [1.807, 2.05) is 0 Å². The third-order valence-corrected chi connectivity index (χ3v) is 9.24. The van der Waals surface area contributed by atoms with Gasteiger partial charge in [0.2, 0.25) is 5.91 Å². The van der Waals surface area contributed by atoms with Crippen molar-refractivity contribution in [2.75, 3.05) is 39.8 Å². The summed E-state index contributed by atoms with van der Waals surface area (Å²) in [6.45, 7) is 1.21. The van der Waals surface area contributed by atoms with Crippen molar-refractivity contribution in [1.82, 2.24) is 14.1 Å². The third-order valence-electron chi connectivity index (χ3n) is 5.92. The zero-order valence-corrected chi connectivity index (χ0v) is 19.8. The topological polar surface area (TPSA) is 117 Å². The number of rotatable bonds is 5. The van der Waals surface area contributed by atoms with Crippen LogP contribution in [-0.2, 0) is 19.6 Å². The van der Waals surface area contributed by atoms with E-state index in [0.717, 1.165) is 24.2 Å². The number of nitrogens with zero attached hydrogens (tertiary/aromatic N) is 3. The molecule has 0 saturated carbocycles. The lowest BCUT2D eigenvalue weighted by atomic mass is 10.00. The highest BCUT2D eigenvalue weighted by molar-refractivity contribution is 7.91. The Kier molecular flexibility index (Phi) is 6.86. The Labute approximate surface area is 195 Å². The van der Waals surface area contributed by atoms with Gasteiger partial charge in [0.25, 0.3) is 15.9 Å². The highest BCUT2D eigenvalue weighted by Gasteiger charge is 2.38. The Hall–Kier alpha value is -2.70. The Morgan fingerprint density at radius 3 is 2.55 bits per heavy atom. The van der Waals surface area contributed by atoms with Crippen molar-refractivity contribution in [3.05, 3.63) is 41.2 Å². The minimum Gasteiger partial charge on any atom is -0.465 e. The molecule has 4 heterocycles. The van der Waals surface area contributed by atoms with Gasteiger partial charge >= 0.3 is 5.97 Å². The molecule has 0 aliphatic carbocycles. The van der Waals surface area contributed by atoms with E-state index in [2.05, 4.69) is 4.74 Å². The second kappa shape index (κ2) is 9.65. The lowest BCUT2D eigenvalue weighted by Crippen LogP contribution is -2.57. The quantitative estimate of drug-likeness (QED) is 0.579. The summed E-state index contributed by atoms with van der Waals surface area (Å²) in [7, 11) is -2.55. The van der Waals surface area contributed by atoms with Gasteiger partial charge in [-0.25, -0.2) is 13.2 Å². The van der Waals surface area contributed by atoms with Crippen molar-refractivity contribution < 1.29 is 32.0 Å². The average Bonchev–Trinajstić information content (AvgIpc) is 3.56. The van der Waals surface area contributed by atoms with Crippen LogP contribution in [-0.4, -0.2) is 86.2 Å².